The molecule has 2 aromatic heterocycles. The number of benzene rings is 1. The van der Waals surface area contributed by atoms with Crippen molar-refractivity contribution in [1.29, 1.82) is 0 Å². The van der Waals surface area contributed by atoms with Crippen LogP contribution in [0.1, 0.15) is 70.6 Å². The van der Waals surface area contributed by atoms with E-state index in [1.807, 2.05) is 28.8 Å². The van der Waals surface area contributed by atoms with Gasteiger partial charge in [0.2, 0.25) is 5.82 Å². The van der Waals surface area contributed by atoms with Crippen LogP contribution in [0.5, 0.6) is 0 Å². The largest absolute Gasteiger partial charge is 0.351 e. The van der Waals surface area contributed by atoms with E-state index in [0.717, 1.165) is 46.2 Å². The molecule has 6 atom stereocenters. The highest BCUT2D eigenvalue weighted by Gasteiger charge is 2.83. The van der Waals surface area contributed by atoms with Gasteiger partial charge >= 0.3 is 5.69 Å². The maximum atomic E-state index is 13.9. The summed E-state index contributed by atoms with van der Waals surface area (Å²) >= 11 is 0. The van der Waals surface area contributed by atoms with E-state index >= 15 is 0 Å². The first-order valence-electron chi connectivity index (χ1n) is 15.8. The predicted octanol–water partition coefficient (Wildman–Crippen LogP) is 3.23. The maximum absolute atomic E-state index is 13.9. The van der Waals surface area contributed by atoms with E-state index in [2.05, 4.69) is 20.0 Å². The quantitative estimate of drug-likeness (QED) is 0.533. The molecule has 4 heterocycles. The van der Waals surface area contributed by atoms with Gasteiger partial charge in [-0.1, -0.05) is 25.0 Å². The number of nitrogens with one attached hydrogen (secondary N) is 1. The molecule has 9 saturated carbocycles. The van der Waals surface area contributed by atoms with Gasteiger partial charge in [0, 0.05) is 24.2 Å². The Morgan fingerprint density at radius 1 is 0.951 bits per heavy atom. The Balaban J connectivity index is 1.00. The van der Waals surface area contributed by atoms with Gasteiger partial charge < -0.3 is 4.57 Å². The van der Waals surface area contributed by atoms with E-state index in [0.29, 0.717) is 34.3 Å². The Bertz CT molecular complexity index is 1800. The minimum atomic E-state index is -0.750. The molecule has 0 radical (unpaired) electrons. The number of aromatic nitrogens is 5. The van der Waals surface area contributed by atoms with E-state index in [-0.39, 0.29) is 11.4 Å². The molecule has 2 saturated heterocycles. The van der Waals surface area contributed by atoms with Crippen LogP contribution in [0.25, 0.3) is 16.9 Å². The number of hydrogen-bond acceptors (Lipinski definition) is 6. The molecule has 0 amide bonds. The fraction of sp³-hybridized carbons (Fsp3) is 0.656. The van der Waals surface area contributed by atoms with Gasteiger partial charge in [0.15, 0.2) is 0 Å². The average molecular weight is 553 g/mol. The standard InChI is InChI=1S/C32H36N6O3/c39-24-14-33-38(29(41)35-24)27-28(40)36(23-6-2-1-5-22(23)34-27)15-18-9-20-21-13-32(10-18)25(21)26(20)37(32)19-11-30-7-3-4-8-31(12-19,16-30)17-30/h1-2,5-6,14,18-21,25-26H,3-4,7-13,15-17H2,(H,35,39,41)/t18-,19?,20+,21?,25-,26+,30?,31?,32-/m0/s1. The van der Waals surface area contributed by atoms with E-state index < -0.39 is 11.2 Å². The summed E-state index contributed by atoms with van der Waals surface area (Å²) in [6, 6.07) is 9.20. The van der Waals surface area contributed by atoms with E-state index in [1.165, 1.54) is 70.6 Å². The lowest BCUT2D eigenvalue weighted by Gasteiger charge is -2.86. The maximum Gasteiger partial charge on any atom is 0.351 e. The van der Waals surface area contributed by atoms with Crippen LogP contribution >= 0.6 is 0 Å². The van der Waals surface area contributed by atoms with Crippen LogP contribution in [0.4, 0.5) is 0 Å². The molecule has 1 aromatic carbocycles. The van der Waals surface area contributed by atoms with Crippen molar-refractivity contribution in [2.24, 2.45) is 34.5 Å². The molecule has 2 aliphatic heterocycles. The number of aromatic amines is 1. The zero-order valence-corrected chi connectivity index (χ0v) is 23.3. The molecule has 1 spiro atoms. The molecule has 41 heavy (non-hydrogen) atoms. The molecule has 9 heteroatoms. The number of hydrogen-bond donors (Lipinski definition) is 1. The SMILES string of the molecule is O=c1cnn(-c2nc3ccccc3n(C[C@H]3C[C@@H]4C5C[C@@]6(C3)[C@@H]5[C@@H]4N6C3CC45CCCCC(C3)(C4)C5)c2=O)c(=O)[nH]1. The number of nitrogens with zero attached hydrogens (tertiary/aromatic N) is 5. The summed E-state index contributed by atoms with van der Waals surface area (Å²) in [6.07, 6.45) is 16.4. The van der Waals surface area contributed by atoms with Crippen molar-refractivity contribution in [2.75, 3.05) is 0 Å². The third-order valence-corrected chi connectivity index (χ3v) is 13.2. The lowest BCUT2D eigenvalue weighted by Crippen LogP contribution is -2.92. The number of rotatable bonds is 4. The van der Waals surface area contributed by atoms with Crippen molar-refractivity contribution in [2.45, 2.75) is 94.8 Å². The van der Waals surface area contributed by atoms with Crippen LogP contribution in [0, 0.1) is 34.5 Å². The van der Waals surface area contributed by atoms with Crippen LogP contribution in [0.15, 0.2) is 44.8 Å². The summed E-state index contributed by atoms with van der Waals surface area (Å²) in [4.78, 5) is 48.0. The van der Waals surface area contributed by atoms with Gasteiger partial charge in [-0.2, -0.15) is 9.78 Å². The number of H-pyrrole nitrogens is 1. The number of piperidine rings is 3. The molecule has 9 nitrogen and oxygen atoms in total. The van der Waals surface area contributed by atoms with E-state index in [9.17, 15) is 14.4 Å². The van der Waals surface area contributed by atoms with Crippen LogP contribution in [-0.4, -0.2) is 46.8 Å². The van der Waals surface area contributed by atoms with Crippen molar-refractivity contribution < 1.29 is 0 Å². The monoisotopic (exact) mass is 552 g/mol. The Morgan fingerprint density at radius 3 is 2.49 bits per heavy atom. The van der Waals surface area contributed by atoms with Gasteiger partial charge in [0.25, 0.3) is 11.1 Å². The highest BCUT2D eigenvalue weighted by molar-refractivity contribution is 5.75. The highest BCUT2D eigenvalue weighted by atomic mass is 16.2. The number of fused-ring (bicyclic) bond motifs is 4. The third kappa shape index (κ3) is 2.84. The van der Waals surface area contributed by atoms with Crippen LogP contribution in [-0.2, 0) is 6.54 Å². The van der Waals surface area contributed by atoms with Gasteiger partial charge in [-0.15, -0.1) is 0 Å². The lowest BCUT2D eigenvalue weighted by molar-refractivity contribution is -0.361. The van der Waals surface area contributed by atoms with Crippen LogP contribution < -0.4 is 16.8 Å². The van der Waals surface area contributed by atoms with Gasteiger partial charge in [0.1, 0.15) is 6.20 Å². The second kappa shape index (κ2) is 7.46. The molecule has 1 N–H and O–H groups in total. The molecule has 1 unspecified atom stereocenters. The molecular weight excluding hydrogens is 516 g/mol. The Hall–Kier alpha value is -3.07. The van der Waals surface area contributed by atoms with Crippen LogP contribution in [0.3, 0.4) is 0 Å². The fourth-order valence-corrected chi connectivity index (χ4v) is 12.4. The number of para-hydroxylation sites is 2. The average Bonchev–Trinajstić information content (AvgIpc) is 3.40. The Kier molecular flexibility index (Phi) is 4.27. The molecule has 7 bridgehead atoms. The van der Waals surface area contributed by atoms with E-state index in [1.54, 1.807) is 0 Å². The van der Waals surface area contributed by atoms with Gasteiger partial charge in [-0.3, -0.25) is 19.5 Å². The Labute approximate surface area is 237 Å². The summed E-state index contributed by atoms with van der Waals surface area (Å²) in [7, 11) is 0. The summed E-state index contributed by atoms with van der Waals surface area (Å²) < 4.78 is 2.76. The van der Waals surface area contributed by atoms with Crippen molar-refractivity contribution in [3.05, 3.63) is 61.7 Å². The normalized spacial score (nSPS) is 43.1. The minimum absolute atomic E-state index is 0.0567. The second-order valence-electron chi connectivity index (χ2n) is 15.2. The summed E-state index contributed by atoms with van der Waals surface area (Å²) in [5.41, 5.74) is 1.41. The summed E-state index contributed by atoms with van der Waals surface area (Å²) in [5.74, 6) is 2.90. The first kappa shape index (κ1) is 23.5. The highest BCUT2D eigenvalue weighted by Crippen LogP contribution is 2.80. The van der Waals surface area contributed by atoms with Gasteiger partial charge in [-0.05, 0) is 104 Å². The van der Waals surface area contributed by atoms with Crippen molar-refractivity contribution in [3.8, 4) is 5.82 Å². The van der Waals surface area contributed by atoms with Gasteiger partial charge in [0.05, 0.1) is 11.0 Å². The van der Waals surface area contributed by atoms with E-state index in [4.69, 9.17) is 0 Å². The topological polar surface area (TPSA) is 106 Å². The molecule has 212 valence electrons. The first-order valence-corrected chi connectivity index (χ1v) is 15.8. The Morgan fingerprint density at radius 2 is 1.73 bits per heavy atom. The van der Waals surface area contributed by atoms with Crippen LogP contribution in [0.2, 0.25) is 0 Å². The summed E-state index contributed by atoms with van der Waals surface area (Å²) in [6.45, 7) is 0.629. The fourth-order valence-electron chi connectivity index (χ4n) is 12.4. The molecule has 14 rings (SSSR count). The van der Waals surface area contributed by atoms with Gasteiger partial charge in [-0.25, -0.2) is 9.78 Å². The molecular formula is C32H36N6O3. The molecule has 11 fully saturated rings. The first-order chi connectivity index (χ1) is 19.9. The molecule has 9 aliphatic carbocycles. The molecule has 3 aromatic rings. The van der Waals surface area contributed by atoms with Crippen molar-refractivity contribution in [3.63, 3.8) is 0 Å². The predicted molar refractivity (Wildman–Crippen MR) is 152 cm³/mol. The smallest absolute Gasteiger partial charge is 0.303 e. The summed E-state index contributed by atoms with van der Waals surface area (Å²) in [5, 5.41) is 3.95. The van der Waals surface area contributed by atoms with Crippen molar-refractivity contribution in [1.82, 2.24) is 29.2 Å². The van der Waals surface area contributed by atoms with Crippen molar-refractivity contribution >= 4 is 11.0 Å². The molecule has 11 aliphatic rings. The lowest BCUT2D eigenvalue weighted by atomic mass is 9.34. The zero-order valence-electron chi connectivity index (χ0n) is 23.3. The second-order valence-corrected chi connectivity index (χ2v) is 15.2. The third-order valence-electron chi connectivity index (χ3n) is 13.2. The zero-order chi connectivity index (χ0) is 27.3. The minimum Gasteiger partial charge on any atom is -0.303 e.